The Kier molecular flexibility index (Phi) is 9.06. The van der Waals surface area contributed by atoms with Crippen LogP contribution in [0.25, 0.3) is 21.9 Å². The van der Waals surface area contributed by atoms with Gasteiger partial charge in [-0.25, -0.2) is 0 Å². The van der Waals surface area contributed by atoms with E-state index < -0.39 is 0 Å². The van der Waals surface area contributed by atoms with E-state index >= 15 is 0 Å². The number of hydrogen-bond acceptors (Lipinski definition) is 0. The minimum atomic E-state index is 0. The maximum absolute atomic E-state index is 3.30. The molecule has 0 aromatic heterocycles. The van der Waals surface area contributed by atoms with Gasteiger partial charge in [-0.2, -0.15) is 47.3 Å². The molecule has 0 saturated heterocycles. The molecule has 0 saturated carbocycles. The van der Waals surface area contributed by atoms with Gasteiger partial charge >= 0.3 is 24.8 Å². The van der Waals surface area contributed by atoms with Crippen molar-refractivity contribution in [3.05, 3.63) is 117 Å². The molecule has 0 nitrogen and oxygen atoms in total. The molecule has 5 rings (SSSR count). The van der Waals surface area contributed by atoms with Crippen LogP contribution in [0.2, 0.25) is 0 Å². The first-order valence-electron chi connectivity index (χ1n) is 7.95. The molecule has 0 N–H and O–H groups in total. The molecule has 132 valence electrons. The van der Waals surface area contributed by atoms with Gasteiger partial charge in [0.2, 0.25) is 0 Å². The summed E-state index contributed by atoms with van der Waals surface area (Å²) < 4.78 is 0. The van der Waals surface area contributed by atoms with Crippen molar-refractivity contribution in [1.29, 1.82) is 0 Å². The van der Waals surface area contributed by atoms with Crippen molar-refractivity contribution >= 4 is 15.6 Å². The van der Waals surface area contributed by atoms with Gasteiger partial charge in [0.05, 0.1) is 0 Å². The van der Waals surface area contributed by atoms with Crippen LogP contribution in [0.4, 0.5) is 0 Å². The maximum Gasteiger partial charge on any atom is -0.0253 e. The minimum absolute atomic E-state index is 0. The van der Waals surface area contributed by atoms with Gasteiger partial charge in [0.1, 0.15) is 0 Å². The summed E-state index contributed by atoms with van der Waals surface area (Å²) in [4.78, 5) is 3.25. The monoisotopic (exact) mass is 372 g/mol. The summed E-state index contributed by atoms with van der Waals surface area (Å²) in [6.45, 7) is 0. The third kappa shape index (κ3) is 4.72. The van der Waals surface area contributed by atoms with E-state index in [0.717, 1.165) is 6.42 Å². The van der Waals surface area contributed by atoms with Crippen LogP contribution in [0.1, 0.15) is 11.1 Å². The maximum atomic E-state index is 3.30. The normalized spacial score (nSPS) is 9.81. The molecule has 4 aromatic carbocycles. The molecule has 1 aliphatic carbocycles. The molecule has 0 amide bonds. The Labute approximate surface area is 169 Å². The first-order valence-corrected chi connectivity index (χ1v) is 9.06. The number of fused-ring (bicyclic) bond motifs is 4. The van der Waals surface area contributed by atoms with Crippen LogP contribution in [0.5, 0.6) is 0 Å². The fourth-order valence-corrected chi connectivity index (χ4v) is 3.07. The predicted octanol–water partition coefficient (Wildman–Crippen LogP) is 6.48. The zero-order chi connectivity index (χ0) is 16.8. The van der Waals surface area contributed by atoms with E-state index in [1.54, 1.807) is 20.0 Å². The molecule has 0 spiro atoms. The number of rotatable bonds is 0. The number of hydrogen-bond donors (Lipinski definition) is 0. The Morgan fingerprint density at radius 1 is 0.808 bits per heavy atom. The molecule has 1 heteroatoms. The van der Waals surface area contributed by atoms with Crippen LogP contribution in [-0.2, 0) is 26.4 Å². The van der Waals surface area contributed by atoms with Gasteiger partial charge in [-0.1, -0.05) is 41.5 Å². The molecular weight excluding hydrogens is 348 g/mol. The van der Waals surface area contributed by atoms with Crippen LogP contribution in [0.15, 0.2) is 84.9 Å². The van der Waals surface area contributed by atoms with Gasteiger partial charge in [-0.3, -0.25) is 0 Å². The largest absolute Gasteiger partial charge is 0.358 e. The van der Waals surface area contributed by atoms with Crippen molar-refractivity contribution in [1.82, 2.24) is 0 Å². The Balaban J connectivity index is 0.000000232. The van der Waals surface area contributed by atoms with Gasteiger partial charge in [-0.15, -0.1) is 35.2 Å². The second kappa shape index (κ2) is 10.8. The number of benzene rings is 3. The fraction of sp³-hybridized carbons (Fsp3) is 0.0400. The van der Waals surface area contributed by atoms with Crippen molar-refractivity contribution in [3.8, 4) is 11.1 Å². The third-order valence-corrected chi connectivity index (χ3v) is 4.16. The fourth-order valence-electron chi connectivity index (χ4n) is 3.07. The van der Waals surface area contributed by atoms with Crippen LogP contribution >= 0.6 is 0 Å². The first-order chi connectivity index (χ1) is 11.9. The third-order valence-electron chi connectivity index (χ3n) is 4.16. The SMILES string of the molecule is [CH2]=[Ti].[CH3-].[CH3-].[c-]1cccc2c1Cc1ccccc1-2.c1ccc2[cH-]ccc2c1. The van der Waals surface area contributed by atoms with Gasteiger partial charge in [0.15, 0.2) is 0 Å². The summed E-state index contributed by atoms with van der Waals surface area (Å²) in [7, 11) is 0. The summed E-state index contributed by atoms with van der Waals surface area (Å²) >= 11 is 1.75. The van der Waals surface area contributed by atoms with Crippen LogP contribution in [0.3, 0.4) is 0 Å². The smallest absolute Gasteiger partial charge is 0.0253 e. The average molecular weight is 372 g/mol. The molecule has 0 atom stereocenters. The van der Waals surface area contributed by atoms with E-state index in [2.05, 4.69) is 89.7 Å². The van der Waals surface area contributed by atoms with Crippen molar-refractivity contribution in [2.45, 2.75) is 6.42 Å². The van der Waals surface area contributed by atoms with Crippen molar-refractivity contribution in [3.63, 3.8) is 0 Å². The topological polar surface area (TPSA) is 0 Å². The van der Waals surface area contributed by atoms with Crippen LogP contribution in [0, 0.1) is 20.9 Å². The van der Waals surface area contributed by atoms with E-state index in [1.807, 2.05) is 6.07 Å². The van der Waals surface area contributed by atoms with Crippen LogP contribution in [-0.4, -0.2) is 4.82 Å². The molecule has 0 fully saturated rings. The van der Waals surface area contributed by atoms with E-state index in [-0.39, 0.29) is 14.9 Å². The summed E-state index contributed by atoms with van der Waals surface area (Å²) in [5.41, 5.74) is 5.51. The van der Waals surface area contributed by atoms with E-state index in [1.165, 1.54) is 33.0 Å². The Bertz CT molecular complexity index is 860. The zero-order valence-electron chi connectivity index (χ0n) is 15.5. The first kappa shape index (κ1) is 21.9. The molecule has 0 unspecified atom stereocenters. The Hall–Kier alpha value is -2.15. The molecular formula is C25H24Ti-4. The molecule has 26 heavy (non-hydrogen) atoms. The van der Waals surface area contributed by atoms with Gasteiger partial charge in [-0.05, 0) is 6.42 Å². The Morgan fingerprint density at radius 2 is 1.50 bits per heavy atom. The van der Waals surface area contributed by atoms with Crippen molar-refractivity contribution < 1.29 is 20.0 Å². The minimum Gasteiger partial charge on any atom is -0.358 e. The molecule has 4 aromatic rings. The predicted molar refractivity (Wildman–Crippen MR) is 113 cm³/mol. The van der Waals surface area contributed by atoms with Crippen molar-refractivity contribution in [2.24, 2.45) is 0 Å². The van der Waals surface area contributed by atoms with Gasteiger partial charge in [0, 0.05) is 0 Å². The second-order valence-corrected chi connectivity index (χ2v) is 5.55. The standard InChI is InChI=1S/C13H9.C9H7.2CH3.CH2.Ti/c1-3-7-12-10(5-1)9-11-6-2-4-8-13(11)12;1-2-5-9-7-3-6-8(9)4-1;;;;/h1-5,7-8H,9H2;1-7H;2*1H3;1H2;/q4*-1;;. The van der Waals surface area contributed by atoms with E-state index in [9.17, 15) is 0 Å². The van der Waals surface area contributed by atoms with Gasteiger partial charge < -0.3 is 14.9 Å². The van der Waals surface area contributed by atoms with Crippen LogP contribution < -0.4 is 0 Å². The molecule has 1 aliphatic rings. The second-order valence-electron chi connectivity index (χ2n) is 5.55. The van der Waals surface area contributed by atoms with E-state index in [4.69, 9.17) is 0 Å². The molecule has 0 heterocycles. The Morgan fingerprint density at radius 3 is 2.31 bits per heavy atom. The summed E-state index contributed by atoms with van der Waals surface area (Å²) in [6, 6.07) is 32.8. The molecule has 0 bridgehead atoms. The summed E-state index contributed by atoms with van der Waals surface area (Å²) in [5.74, 6) is 0. The molecule has 0 aliphatic heterocycles. The summed E-state index contributed by atoms with van der Waals surface area (Å²) in [5, 5.41) is 2.66. The molecule has 0 radical (unpaired) electrons. The van der Waals surface area contributed by atoms with E-state index in [0.29, 0.717) is 0 Å². The summed E-state index contributed by atoms with van der Waals surface area (Å²) in [6.07, 6.45) is 1.05. The quantitative estimate of drug-likeness (QED) is 0.215. The average Bonchev–Trinajstić information content (AvgIpc) is 3.28. The van der Waals surface area contributed by atoms with Gasteiger partial charge in [0.25, 0.3) is 0 Å². The van der Waals surface area contributed by atoms with Crippen molar-refractivity contribution in [2.75, 3.05) is 0 Å². The zero-order valence-corrected chi connectivity index (χ0v) is 17.1.